The van der Waals surface area contributed by atoms with E-state index in [1.54, 1.807) is 46.2 Å². The summed E-state index contributed by atoms with van der Waals surface area (Å²) in [5.41, 5.74) is 6.47. The first-order valence-electron chi connectivity index (χ1n) is 15.4. The second kappa shape index (κ2) is 12.9. The molecule has 2 N–H and O–H groups in total. The number of aliphatic hydroxyl groups is 1. The van der Waals surface area contributed by atoms with Crippen LogP contribution in [0.5, 0.6) is 0 Å². The molecule has 0 saturated carbocycles. The molecule has 1 aliphatic carbocycles. The normalized spacial score (nSPS) is 15.5. The average Bonchev–Trinajstić information content (AvgIpc) is 3.31. The molecule has 1 fully saturated rings. The molecule has 44 heavy (non-hydrogen) atoms. The van der Waals surface area contributed by atoms with Gasteiger partial charge in [0.1, 0.15) is 0 Å². The van der Waals surface area contributed by atoms with E-state index in [9.17, 15) is 19.5 Å². The summed E-state index contributed by atoms with van der Waals surface area (Å²) in [5, 5.41) is 12.9. The number of carbonyl (C=O) groups excluding carboxylic acids is 2. The molecule has 4 aromatic rings. The van der Waals surface area contributed by atoms with Crippen LogP contribution in [0.25, 0.3) is 11.1 Å². The molecule has 9 heteroatoms. The van der Waals surface area contributed by atoms with Gasteiger partial charge in [0.15, 0.2) is 0 Å². The lowest BCUT2D eigenvalue weighted by Crippen LogP contribution is -2.40. The average molecular weight is 611 g/mol. The summed E-state index contributed by atoms with van der Waals surface area (Å²) in [6, 6.07) is 13.3. The van der Waals surface area contributed by atoms with Crippen molar-refractivity contribution < 1.29 is 14.7 Å². The third kappa shape index (κ3) is 6.39. The van der Waals surface area contributed by atoms with Gasteiger partial charge in [0.2, 0.25) is 0 Å². The molecule has 1 aliphatic heterocycles. The van der Waals surface area contributed by atoms with Crippen LogP contribution >= 0.6 is 11.3 Å². The number of thiophene rings is 1. The highest BCUT2D eigenvalue weighted by Crippen LogP contribution is 2.32. The van der Waals surface area contributed by atoms with Gasteiger partial charge in [-0.3, -0.25) is 19.4 Å². The smallest absolute Gasteiger partial charge is 0.265 e. The highest BCUT2D eigenvalue weighted by atomic mass is 32.1. The van der Waals surface area contributed by atoms with Gasteiger partial charge in [-0.25, -0.2) is 0 Å². The van der Waals surface area contributed by atoms with Crippen LogP contribution in [0.2, 0.25) is 0 Å². The molecular weight excluding hydrogens is 572 g/mol. The fraction of sp³-hybridized carbons (Fsp3) is 0.371. The summed E-state index contributed by atoms with van der Waals surface area (Å²) >= 11 is 1.61. The van der Waals surface area contributed by atoms with Crippen molar-refractivity contribution in [2.75, 3.05) is 18.4 Å². The largest absolute Gasteiger partial charge is 0.393 e. The zero-order valence-corrected chi connectivity index (χ0v) is 26.1. The Bertz CT molecular complexity index is 1730. The quantitative estimate of drug-likeness (QED) is 0.280. The lowest BCUT2D eigenvalue weighted by Gasteiger charge is -2.29. The minimum atomic E-state index is -0.343. The Morgan fingerprint density at radius 3 is 2.64 bits per heavy atom. The Balaban J connectivity index is 1.20. The van der Waals surface area contributed by atoms with Crippen molar-refractivity contribution in [3.8, 4) is 11.1 Å². The van der Waals surface area contributed by atoms with Gasteiger partial charge in [-0.1, -0.05) is 18.6 Å². The lowest BCUT2D eigenvalue weighted by atomic mass is 9.98. The van der Waals surface area contributed by atoms with Crippen molar-refractivity contribution in [2.24, 2.45) is 7.05 Å². The Hall–Kier alpha value is -4.08. The molecule has 1 aromatic carbocycles. The zero-order chi connectivity index (χ0) is 30.8. The number of pyridine rings is 2. The first-order chi connectivity index (χ1) is 21.3. The predicted octanol–water partition coefficient (Wildman–Crippen LogP) is 5.53. The minimum Gasteiger partial charge on any atom is -0.393 e. The predicted molar refractivity (Wildman–Crippen MR) is 174 cm³/mol. The number of nitrogens with zero attached hydrogens (tertiary/aromatic N) is 3. The van der Waals surface area contributed by atoms with E-state index >= 15 is 0 Å². The van der Waals surface area contributed by atoms with Gasteiger partial charge in [-0.05, 0) is 98.0 Å². The van der Waals surface area contributed by atoms with Crippen LogP contribution in [0.15, 0.2) is 59.7 Å². The van der Waals surface area contributed by atoms with Crippen molar-refractivity contribution in [1.82, 2.24) is 14.5 Å². The minimum absolute atomic E-state index is 0.0876. The van der Waals surface area contributed by atoms with Crippen LogP contribution in [0.1, 0.15) is 79.4 Å². The van der Waals surface area contributed by atoms with Gasteiger partial charge >= 0.3 is 0 Å². The topological polar surface area (TPSA) is 105 Å². The monoisotopic (exact) mass is 610 g/mol. The van der Waals surface area contributed by atoms with E-state index in [0.717, 1.165) is 40.1 Å². The summed E-state index contributed by atoms with van der Waals surface area (Å²) in [7, 11) is 1.74. The van der Waals surface area contributed by atoms with Crippen LogP contribution in [0.3, 0.4) is 0 Å². The number of fused-ring (bicyclic) bond motifs is 1. The van der Waals surface area contributed by atoms with Crippen LogP contribution in [-0.2, 0) is 26.3 Å². The number of aryl methyl sites for hydroxylation is 3. The van der Waals surface area contributed by atoms with Gasteiger partial charge < -0.3 is 19.9 Å². The Kier molecular flexibility index (Phi) is 8.77. The number of aromatic nitrogens is 2. The van der Waals surface area contributed by atoms with E-state index in [2.05, 4.69) is 16.4 Å². The van der Waals surface area contributed by atoms with E-state index in [0.29, 0.717) is 49.2 Å². The number of amides is 2. The summed E-state index contributed by atoms with van der Waals surface area (Å²) in [6.45, 7) is 3.05. The highest BCUT2D eigenvalue weighted by Gasteiger charge is 2.23. The number of hydrogen-bond acceptors (Lipinski definition) is 6. The number of anilines is 1. The third-order valence-corrected chi connectivity index (χ3v) is 10.1. The maximum atomic E-state index is 13.3. The Morgan fingerprint density at radius 1 is 1.07 bits per heavy atom. The number of aliphatic hydroxyl groups excluding tert-OH is 1. The van der Waals surface area contributed by atoms with Gasteiger partial charge in [0, 0.05) is 60.8 Å². The van der Waals surface area contributed by atoms with E-state index in [1.807, 2.05) is 37.4 Å². The number of nitrogens with one attached hydrogen (secondary N) is 1. The molecule has 0 unspecified atom stereocenters. The maximum absolute atomic E-state index is 13.3. The molecule has 0 bridgehead atoms. The molecule has 1 saturated heterocycles. The fourth-order valence-electron chi connectivity index (χ4n) is 6.20. The van der Waals surface area contributed by atoms with E-state index in [1.165, 1.54) is 29.7 Å². The second-order valence-corrected chi connectivity index (χ2v) is 13.1. The van der Waals surface area contributed by atoms with Gasteiger partial charge in [-0.15, -0.1) is 11.3 Å². The lowest BCUT2D eigenvalue weighted by molar-refractivity contribution is 0.0546. The van der Waals surface area contributed by atoms with Gasteiger partial charge in [0.25, 0.3) is 17.4 Å². The first kappa shape index (κ1) is 30.0. The fourth-order valence-corrected chi connectivity index (χ4v) is 7.35. The summed E-state index contributed by atoms with van der Waals surface area (Å²) in [5.74, 6) is -0.180. The molecule has 2 amide bonds. The van der Waals surface area contributed by atoms with Crippen LogP contribution in [-0.4, -0.2) is 50.6 Å². The molecule has 0 radical (unpaired) electrons. The maximum Gasteiger partial charge on any atom is 0.265 e. The third-order valence-electron chi connectivity index (χ3n) is 8.82. The molecule has 8 nitrogen and oxygen atoms in total. The molecule has 3 aromatic heterocycles. The number of benzene rings is 1. The van der Waals surface area contributed by atoms with E-state index in [-0.39, 0.29) is 23.5 Å². The molecule has 0 atom stereocenters. The van der Waals surface area contributed by atoms with Crippen LogP contribution < -0.4 is 10.9 Å². The number of rotatable bonds is 6. The molecule has 4 heterocycles. The first-order valence-corrected chi connectivity index (χ1v) is 16.2. The van der Waals surface area contributed by atoms with Gasteiger partial charge in [-0.2, -0.15) is 0 Å². The summed E-state index contributed by atoms with van der Waals surface area (Å²) in [6.07, 6.45) is 10.3. The number of hydrogen-bond donors (Lipinski definition) is 2. The molecule has 2 aliphatic rings. The highest BCUT2D eigenvalue weighted by molar-refractivity contribution is 7.14. The van der Waals surface area contributed by atoms with E-state index < -0.39 is 0 Å². The Morgan fingerprint density at radius 2 is 1.86 bits per heavy atom. The Labute approximate surface area is 261 Å². The van der Waals surface area contributed by atoms with Crippen molar-refractivity contribution in [3.05, 3.63) is 103 Å². The standard InChI is InChI=1S/C35H38N4O4S/c1-22-29(8-6-9-30(22)37-33(41)32-19-23-7-4-3-5-10-31(23)44-32)26-17-25(34(42)38(2)21-26)18-27-12-11-24(20-36-27)35(43)39-15-13-28(40)14-16-39/h6,8-9,11-12,17,19-21,28,40H,3-5,7,10,13-16,18H2,1-2H3,(H,37,41). The van der Waals surface area contributed by atoms with Gasteiger partial charge in [0.05, 0.1) is 16.5 Å². The molecule has 228 valence electrons. The number of likely N-dealkylation sites (tertiary alicyclic amines) is 1. The van der Waals surface area contributed by atoms with Crippen LogP contribution in [0.4, 0.5) is 5.69 Å². The SMILES string of the molecule is Cc1c(NC(=O)c2cc3c(s2)CCCCC3)cccc1-c1cc(Cc2ccc(C(=O)N3CCC(O)CC3)cn2)c(=O)n(C)c1. The van der Waals surface area contributed by atoms with Crippen molar-refractivity contribution in [1.29, 1.82) is 0 Å². The summed E-state index contributed by atoms with van der Waals surface area (Å²) in [4.78, 5) is 47.6. The molecule has 6 rings (SSSR count). The van der Waals surface area contributed by atoms with Crippen LogP contribution in [0, 0.1) is 6.92 Å². The second-order valence-electron chi connectivity index (χ2n) is 12.0. The number of piperidine rings is 1. The van der Waals surface area contributed by atoms with Crippen molar-refractivity contribution in [3.63, 3.8) is 0 Å². The summed E-state index contributed by atoms with van der Waals surface area (Å²) < 4.78 is 1.58. The number of carbonyl (C=O) groups is 2. The van der Waals surface area contributed by atoms with Crippen molar-refractivity contribution in [2.45, 2.75) is 64.4 Å². The zero-order valence-electron chi connectivity index (χ0n) is 25.3. The molecular formula is C35H38N4O4S. The molecule has 0 spiro atoms. The van der Waals surface area contributed by atoms with Crippen molar-refractivity contribution >= 4 is 28.8 Å². The van der Waals surface area contributed by atoms with E-state index in [4.69, 9.17) is 0 Å².